The third kappa shape index (κ3) is 4.00. The number of carbonyl (C=O) groups is 1. The highest BCUT2D eigenvalue weighted by Gasteiger charge is 2.28. The maximum absolute atomic E-state index is 13.5. The molecule has 0 bridgehead atoms. The van der Waals surface area contributed by atoms with Crippen molar-refractivity contribution >= 4 is 16.7 Å². The largest absolute Gasteiger partial charge is 0.337 e. The van der Waals surface area contributed by atoms with Crippen LogP contribution in [0.25, 0.3) is 21.9 Å². The molecular formula is C25H24N6O2. The topological polar surface area (TPSA) is 93.9 Å². The van der Waals surface area contributed by atoms with E-state index in [-0.39, 0.29) is 17.4 Å². The minimum atomic E-state index is -0.172. The summed E-state index contributed by atoms with van der Waals surface area (Å²) < 4.78 is 1.37. The summed E-state index contributed by atoms with van der Waals surface area (Å²) in [5, 5.41) is 5.55. The molecule has 1 aromatic carbocycles. The Morgan fingerprint density at radius 2 is 1.82 bits per heavy atom. The molecule has 1 aliphatic heterocycles. The summed E-state index contributed by atoms with van der Waals surface area (Å²) in [6, 6.07) is 11.2. The van der Waals surface area contributed by atoms with Gasteiger partial charge in [0.2, 0.25) is 0 Å². The smallest absolute Gasteiger partial charge is 0.274 e. The summed E-state index contributed by atoms with van der Waals surface area (Å²) in [7, 11) is 0. The van der Waals surface area contributed by atoms with Crippen molar-refractivity contribution in [3.8, 4) is 11.1 Å². The minimum Gasteiger partial charge on any atom is -0.337 e. The number of benzene rings is 1. The fourth-order valence-electron chi connectivity index (χ4n) is 4.43. The number of amides is 1. The number of pyridine rings is 1. The Morgan fingerprint density at radius 1 is 1.03 bits per heavy atom. The zero-order valence-corrected chi connectivity index (χ0v) is 18.4. The van der Waals surface area contributed by atoms with Gasteiger partial charge in [0.1, 0.15) is 6.33 Å². The van der Waals surface area contributed by atoms with E-state index in [4.69, 9.17) is 0 Å². The number of aromatic nitrogens is 5. The molecule has 8 heteroatoms. The molecule has 166 valence electrons. The van der Waals surface area contributed by atoms with Crippen LogP contribution in [0.15, 0.2) is 66.1 Å². The lowest BCUT2D eigenvalue weighted by Gasteiger charge is -2.32. The summed E-state index contributed by atoms with van der Waals surface area (Å²) in [6.07, 6.45) is 8.71. The van der Waals surface area contributed by atoms with E-state index in [0.29, 0.717) is 36.1 Å². The second-order valence-electron chi connectivity index (χ2n) is 8.20. The fraction of sp³-hybridized carbons (Fsp3) is 0.280. The summed E-state index contributed by atoms with van der Waals surface area (Å²) >= 11 is 0. The fourth-order valence-corrected chi connectivity index (χ4v) is 4.43. The zero-order chi connectivity index (χ0) is 22.8. The maximum Gasteiger partial charge on any atom is 0.274 e. The molecule has 0 unspecified atom stereocenters. The number of rotatable bonds is 4. The highest BCUT2D eigenvalue weighted by atomic mass is 16.2. The zero-order valence-electron chi connectivity index (χ0n) is 18.4. The van der Waals surface area contributed by atoms with Crippen molar-refractivity contribution in [2.75, 3.05) is 13.1 Å². The molecule has 0 spiro atoms. The first-order chi connectivity index (χ1) is 16.2. The number of hydrogen-bond acceptors (Lipinski definition) is 6. The van der Waals surface area contributed by atoms with Crippen molar-refractivity contribution in [1.29, 1.82) is 0 Å². The van der Waals surface area contributed by atoms with Crippen molar-refractivity contribution in [3.63, 3.8) is 0 Å². The van der Waals surface area contributed by atoms with Crippen LogP contribution in [0.4, 0.5) is 0 Å². The number of fused-ring (bicyclic) bond motifs is 1. The van der Waals surface area contributed by atoms with Crippen LogP contribution >= 0.6 is 0 Å². The highest BCUT2D eigenvalue weighted by molar-refractivity contribution is 6.04. The Hall–Kier alpha value is -3.94. The third-order valence-electron chi connectivity index (χ3n) is 6.18. The van der Waals surface area contributed by atoms with E-state index in [0.717, 1.165) is 29.7 Å². The van der Waals surface area contributed by atoms with Crippen LogP contribution in [0.3, 0.4) is 0 Å². The maximum atomic E-state index is 13.5. The van der Waals surface area contributed by atoms with Crippen LogP contribution in [0.2, 0.25) is 0 Å². The molecule has 3 aromatic heterocycles. The van der Waals surface area contributed by atoms with Crippen LogP contribution in [0.1, 0.15) is 41.9 Å². The molecule has 0 aliphatic carbocycles. The first-order valence-corrected chi connectivity index (χ1v) is 11.2. The van der Waals surface area contributed by atoms with Gasteiger partial charge in [-0.15, -0.1) is 0 Å². The number of carbonyl (C=O) groups excluding carboxylic acids is 1. The van der Waals surface area contributed by atoms with Crippen LogP contribution < -0.4 is 5.56 Å². The second-order valence-corrected chi connectivity index (χ2v) is 8.20. The van der Waals surface area contributed by atoms with Gasteiger partial charge in [0.05, 0.1) is 5.39 Å². The number of nitrogens with zero attached hydrogens (tertiary/aromatic N) is 6. The number of likely N-dealkylation sites (tertiary alicyclic amines) is 1. The molecule has 1 atom stereocenters. The highest BCUT2D eigenvalue weighted by Crippen LogP contribution is 2.28. The quantitative estimate of drug-likeness (QED) is 0.483. The molecule has 4 heterocycles. The van der Waals surface area contributed by atoms with E-state index in [1.165, 1.54) is 11.0 Å². The number of piperidine rings is 1. The summed E-state index contributed by atoms with van der Waals surface area (Å²) in [6.45, 7) is 3.50. The minimum absolute atomic E-state index is 0.142. The average Bonchev–Trinajstić information content (AvgIpc) is 2.89. The number of hydrogen-bond donors (Lipinski definition) is 0. The van der Waals surface area contributed by atoms with E-state index in [9.17, 15) is 9.59 Å². The lowest BCUT2D eigenvalue weighted by molar-refractivity contribution is 0.0699. The van der Waals surface area contributed by atoms with Gasteiger partial charge in [-0.2, -0.15) is 5.10 Å². The first-order valence-electron chi connectivity index (χ1n) is 11.2. The molecule has 4 aromatic rings. The van der Waals surface area contributed by atoms with Gasteiger partial charge in [0, 0.05) is 66.3 Å². The van der Waals surface area contributed by atoms with Gasteiger partial charge in [-0.25, -0.2) is 14.6 Å². The Kier molecular flexibility index (Phi) is 5.64. The first kappa shape index (κ1) is 20.9. The Bertz CT molecular complexity index is 1350. The van der Waals surface area contributed by atoms with E-state index >= 15 is 0 Å². The Balaban J connectivity index is 1.41. The third-order valence-corrected chi connectivity index (χ3v) is 6.18. The van der Waals surface area contributed by atoms with Crippen molar-refractivity contribution in [2.24, 2.45) is 0 Å². The van der Waals surface area contributed by atoms with E-state index in [1.807, 2.05) is 42.3 Å². The van der Waals surface area contributed by atoms with Crippen LogP contribution in [-0.2, 0) is 6.54 Å². The SMILES string of the molecule is CCn1nc(C(=O)N2CCC[C@@H](c3ccc(-c4cncnc4)cn3)C2)c2ccccc2c1=O. The predicted molar refractivity (Wildman–Crippen MR) is 125 cm³/mol. The van der Waals surface area contributed by atoms with E-state index < -0.39 is 0 Å². The lowest BCUT2D eigenvalue weighted by atomic mass is 9.93. The van der Waals surface area contributed by atoms with Crippen molar-refractivity contribution in [3.05, 3.63) is 83.1 Å². The van der Waals surface area contributed by atoms with Gasteiger partial charge in [-0.1, -0.05) is 24.3 Å². The van der Waals surface area contributed by atoms with E-state index in [2.05, 4.69) is 20.1 Å². The molecule has 1 amide bonds. The molecule has 1 saturated heterocycles. The molecule has 8 nitrogen and oxygen atoms in total. The molecular weight excluding hydrogens is 416 g/mol. The molecule has 0 N–H and O–H groups in total. The van der Waals surface area contributed by atoms with Gasteiger partial charge < -0.3 is 4.90 Å². The molecule has 1 aliphatic rings. The summed E-state index contributed by atoms with van der Waals surface area (Å²) in [5.41, 5.74) is 3.00. The van der Waals surface area contributed by atoms with Gasteiger partial charge in [0.15, 0.2) is 5.69 Å². The predicted octanol–water partition coefficient (Wildman–Crippen LogP) is 3.29. The summed E-state index contributed by atoms with van der Waals surface area (Å²) in [5.74, 6) is 0.00303. The van der Waals surface area contributed by atoms with Gasteiger partial charge >= 0.3 is 0 Å². The lowest BCUT2D eigenvalue weighted by Crippen LogP contribution is -2.40. The number of aryl methyl sites for hydroxylation is 1. The molecule has 5 rings (SSSR count). The van der Waals surface area contributed by atoms with Gasteiger partial charge in [0.25, 0.3) is 11.5 Å². The standard InChI is InChI=1S/C25H24N6O2/c1-2-31-24(32)21-8-4-3-7-20(21)23(29-31)25(33)30-11-5-6-18(15-30)22-10-9-17(14-28-22)19-12-26-16-27-13-19/h3-4,7-10,12-14,16,18H,2,5-6,11,15H2,1H3/t18-/m1/s1. The van der Waals surface area contributed by atoms with Crippen LogP contribution in [-0.4, -0.2) is 48.6 Å². The Labute approximate surface area is 191 Å². The molecule has 0 saturated carbocycles. The second kappa shape index (κ2) is 8.90. The summed E-state index contributed by atoms with van der Waals surface area (Å²) in [4.78, 5) is 40.8. The molecule has 0 radical (unpaired) electrons. The molecule has 1 fully saturated rings. The van der Waals surface area contributed by atoms with Gasteiger partial charge in [-0.05, 0) is 31.9 Å². The van der Waals surface area contributed by atoms with Crippen molar-refractivity contribution < 1.29 is 4.79 Å². The van der Waals surface area contributed by atoms with E-state index in [1.54, 1.807) is 24.5 Å². The van der Waals surface area contributed by atoms with Crippen LogP contribution in [0, 0.1) is 0 Å². The van der Waals surface area contributed by atoms with Crippen molar-refractivity contribution in [1.82, 2.24) is 29.6 Å². The van der Waals surface area contributed by atoms with Gasteiger partial charge in [-0.3, -0.25) is 14.6 Å². The normalized spacial score (nSPS) is 16.2. The Morgan fingerprint density at radius 3 is 2.55 bits per heavy atom. The monoisotopic (exact) mass is 440 g/mol. The van der Waals surface area contributed by atoms with Crippen molar-refractivity contribution in [2.45, 2.75) is 32.2 Å². The van der Waals surface area contributed by atoms with Crippen LogP contribution in [0.5, 0.6) is 0 Å². The molecule has 33 heavy (non-hydrogen) atoms. The average molecular weight is 441 g/mol.